The highest BCUT2D eigenvalue weighted by Crippen LogP contribution is 2.38. The molecule has 2 aliphatic heterocycles. The van der Waals surface area contributed by atoms with E-state index in [9.17, 15) is 9.59 Å². The predicted molar refractivity (Wildman–Crippen MR) is 167 cm³/mol. The molecule has 1 aromatic carbocycles. The van der Waals surface area contributed by atoms with Gasteiger partial charge in [-0.1, -0.05) is 6.07 Å². The Morgan fingerprint density at radius 3 is 2.66 bits per heavy atom. The molecular weight excluding hydrogens is 560 g/mol. The molecule has 0 unspecified atom stereocenters. The first-order chi connectivity index (χ1) is 21.1. The minimum absolute atomic E-state index is 0.135. The number of nitrogens with zero attached hydrogens (tertiary/aromatic N) is 4. The number of hydrogen-bond donors (Lipinski definition) is 2. The van der Waals surface area contributed by atoms with Crippen LogP contribution in [0.5, 0.6) is 11.5 Å². The molecule has 2 N–H and O–H groups in total. The molecular formula is C33H38N6O5. The monoisotopic (exact) mass is 598 g/mol. The quantitative estimate of drug-likeness (QED) is 0.274. The fourth-order valence-corrected chi connectivity index (χ4v) is 5.65. The van der Waals surface area contributed by atoms with Crippen molar-refractivity contribution in [2.75, 3.05) is 32.1 Å². The van der Waals surface area contributed by atoms with E-state index in [0.717, 1.165) is 41.3 Å². The molecule has 3 aromatic heterocycles. The molecule has 0 radical (unpaired) electrons. The zero-order valence-electron chi connectivity index (χ0n) is 25.6. The van der Waals surface area contributed by atoms with Gasteiger partial charge in [-0.3, -0.25) is 5.32 Å². The normalized spacial score (nSPS) is 15.5. The first-order valence-corrected chi connectivity index (χ1v) is 15.0. The van der Waals surface area contributed by atoms with Gasteiger partial charge in [-0.2, -0.15) is 0 Å². The van der Waals surface area contributed by atoms with Gasteiger partial charge in [0, 0.05) is 63.5 Å². The lowest BCUT2D eigenvalue weighted by Gasteiger charge is -2.31. The number of fused-ring (bicyclic) bond motifs is 2. The molecule has 2 aliphatic rings. The maximum atomic E-state index is 13.0. The standard InChI is InChI=1S/C33H38N6O5/c1-33(2,3)44-32(41)39-14-9-21-5-6-25(17-23(21)20-39)43-27-8-13-35-30-29(27)26(19-36-30)22-7-12-34-28(18-22)37-31(40)38(4)24-10-15-42-16-11-24/h5-8,12-13,17-19,24H,9-11,14-16,20H2,1-4H3,(H,35,36)(H,34,37,40). The van der Waals surface area contributed by atoms with E-state index in [0.29, 0.717) is 49.3 Å². The minimum Gasteiger partial charge on any atom is -0.457 e. The molecule has 1 saturated heterocycles. The third kappa shape index (κ3) is 6.47. The topological polar surface area (TPSA) is 122 Å². The summed E-state index contributed by atoms with van der Waals surface area (Å²) in [7, 11) is 1.81. The lowest BCUT2D eigenvalue weighted by atomic mass is 10.00. The SMILES string of the molecule is CN(C(=O)Nc1cc(-c2c[nH]c3nccc(Oc4ccc5c(c4)CN(C(=O)OC(C)(C)C)CC5)c23)ccn1)C1CCOCC1. The molecule has 6 rings (SSSR count). The first kappa shape index (κ1) is 29.4. The van der Waals surface area contributed by atoms with Crippen molar-refractivity contribution in [2.45, 2.75) is 58.2 Å². The lowest BCUT2D eigenvalue weighted by Crippen LogP contribution is -2.42. The summed E-state index contributed by atoms with van der Waals surface area (Å²) < 4.78 is 17.5. The van der Waals surface area contributed by atoms with E-state index in [-0.39, 0.29) is 18.2 Å². The van der Waals surface area contributed by atoms with Gasteiger partial charge in [-0.05, 0) is 87.1 Å². The van der Waals surface area contributed by atoms with Gasteiger partial charge in [0.05, 0.1) is 5.39 Å². The molecule has 3 amide bonds. The summed E-state index contributed by atoms with van der Waals surface area (Å²) in [5, 5.41) is 3.75. The highest BCUT2D eigenvalue weighted by Gasteiger charge is 2.26. The van der Waals surface area contributed by atoms with Crippen molar-refractivity contribution in [1.82, 2.24) is 24.8 Å². The number of carbonyl (C=O) groups is 2. The van der Waals surface area contributed by atoms with Crippen molar-refractivity contribution < 1.29 is 23.8 Å². The van der Waals surface area contributed by atoms with Crippen molar-refractivity contribution in [1.29, 1.82) is 0 Å². The number of aromatic amines is 1. The Morgan fingerprint density at radius 2 is 1.86 bits per heavy atom. The Hall–Kier alpha value is -4.64. The number of hydrogen-bond acceptors (Lipinski definition) is 7. The van der Waals surface area contributed by atoms with Gasteiger partial charge in [0.2, 0.25) is 0 Å². The van der Waals surface area contributed by atoms with Gasteiger partial charge in [0.25, 0.3) is 0 Å². The van der Waals surface area contributed by atoms with Crippen LogP contribution in [0.15, 0.2) is 55.0 Å². The zero-order valence-corrected chi connectivity index (χ0v) is 25.6. The number of H-pyrrole nitrogens is 1. The summed E-state index contributed by atoms with van der Waals surface area (Å²) in [5.41, 5.74) is 4.06. The number of carbonyl (C=O) groups excluding carboxylic acids is 2. The number of nitrogens with one attached hydrogen (secondary N) is 2. The Balaban J connectivity index is 1.22. The Kier molecular flexibility index (Phi) is 8.13. The van der Waals surface area contributed by atoms with Crippen LogP contribution in [0, 0.1) is 0 Å². The molecule has 11 heteroatoms. The van der Waals surface area contributed by atoms with Gasteiger partial charge >= 0.3 is 12.1 Å². The van der Waals surface area contributed by atoms with Crippen molar-refractivity contribution in [2.24, 2.45) is 0 Å². The second-order valence-electron chi connectivity index (χ2n) is 12.2. The number of benzene rings is 1. The van der Waals surface area contributed by atoms with Crippen LogP contribution in [0.1, 0.15) is 44.7 Å². The van der Waals surface area contributed by atoms with Gasteiger partial charge in [0.1, 0.15) is 28.6 Å². The number of aromatic nitrogens is 3. The third-order valence-electron chi connectivity index (χ3n) is 7.97. The van der Waals surface area contributed by atoms with Crippen LogP contribution in [0.2, 0.25) is 0 Å². The van der Waals surface area contributed by atoms with Gasteiger partial charge in [-0.15, -0.1) is 0 Å². The molecule has 0 saturated carbocycles. The van der Waals surface area contributed by atoms with Crippen LogP contribution in [-0.4, -0.2) is 75.3 Å². The van der Waals surface area contributed by atoms with Crippen LogP contribution >= 0.6 is 0 Å². The first-order valence-electron chi connectivity index (χ1n) is 15.0. The highest BCUT2D eigenvalue weighted by atomic mass is 16.6. The van der Waals surface area contributed by atoms with Crippen LogP contribution in [0.25, 0.3) is 22.2 Å². The van der Waals surface area contributed by atoms with E-state index in [1.165, 1.54) is 5.56 Å². The number of urea groups is 1. The number of ether oxygens (including phenoxy) is 3. The van der Waals surface area contributed by atoms with E-state index in [2.05, 4.69) is 26.3 Å². The fourth-order valence-electron chi connectivity index (χ4n) is 5.65. The summed E-state index contributed by atoms with van der Waals surface area (Å²) in [5.74, 6) is 1.75. The van der Waals surface area contributed by atoms with Gasteiger partial charge < -0.3 is 29.0 Å². The van der Waals surface area contributed by atoms with Crippen LogP contribution in [0.3, 0.4) is 0 Å². The van der Waals surface area contributed by atoms with E-state index in [4.69, 9.17) is 14.2 Å². The van der Waals surface area contributed by atoms with E-state index < -0.39 is 5.60 Å². The second kappa shape index (κ2) is 12.2. The Bertz CT molecular complexity index is 1670. The van der Waals surface area contributed by atoms with E-state index in [1.807, 2.05) is 57.3 Å². The summed E-state index contributed by atoms with van der Waals surface area (Å²) in [6.07, 6.45) is 7.32. The van der Waals surface area contributed by atoms with E-state index in [1.54, 1.807) is 29.2 Å². The van der Waals surface area contributed by atoms with Gasteiger partial charge in [-0.25, -0.2) is 19.6 Å². The number of anilines is 1. The van der Waals surface area contributed by atoms with Crippen LogP contribution in [0.4, 0.5) is 15.4 Å². The summed E-state index contributed by atoms with van der Waals surface area (Å²) in [4.78, 5) is 41.3. The molecule has 0 spiro atoms. The van der Waals surface area contributed by atoms with Crippen molar-refractivity contribution in [3.05, 3.63) is 66.1 Å². The maximum Gasteiger partial charge on any atom is 0.410 e. The van der Waals surface area contributed by atoms with Crippen molar-refractivity contribution >= 4 is 29.0 Å². The molecule has 0 aliphatic carbocycles. The largest absolute Gasteiger partial charge is 0.457 e. The average molecular weight is 599 g/mol. The number of amides is 3. The molecule has 230 valence electrons. The lowest BCUT2D eigenvalue weighted by molar-refractivity contribution is 0.0223. The summed E-state index contributed by atoms with van der Waals surface area (Å²) in [6, 6.07) is 11.5. The Labute approximate surface area is 256 Å². The summed E-state index contributed by atoms with van der Waals surface area (Å²) in [6.45, 7) is 7.99. The fraction of sp³-hybridized carbons (Fsp3) is 0.394. The van der Waals surface area contributed by atoms with Crippen molar-refractivity contribution in [3.63, 3.8) is 0 Å². The number of rotatable bonds is 5. The third-order valence-corrected chi connectivity index (χ3v) is 7.97. The minimum atomic E-state index is -0.550. The highest BCUT2D eigenvalue weighted by molar-refractivity contribution is 5.99. The van der Waals surface area contributed by atoms with E-state index >= 15 is 0 Å². The van der Waals surface area contributed by atoms with Gasteiger partial charge in [0.15, 0.2) is 0 Å². The molecule has 1 fully saturated rings. The molecule has 5 heterocycles. The predicted octanol–water partition coefficient (Wildman–Crippen LogP) is 6.35. The smallest absolute Gasteiger partial charge is 0.410 e. The molecule has 0 bridgehead atoms. The molecule has 0 atom stereocenters. The van der Waals surface area contributed by atoms with Crippen LogP contribution < -0.4 is 10.1 Å². The molecule has 44 heavy (non-hydrogen) atoms. The van der Waals surface area contributed by atoms with Crippen molar-refractivity contribution in [3.8, 4) is 22.6 Å². The molecule has 11 nitrogen and oxygen atoms in total. The molecule has 4 aromatic rings. The average Bonchev–Trinajstić information content (AvgIpc) is 3.45. The maximum absolute atomic E-state index is 13.0. The number of pyridine rings is 2. The Morgan fingerprint density at radius 1 is 1.07 bits per heavy atom. The second-order valence-corrected chi connectivity index (χ2v) is 12.2. The zero-order chi connectivity index (χ0) is 30.8. The van der Waals surface area contributed by atoms with Crippen LogP contribution in [-0.2, 0) is 22.4 Å². The summed E-state index contributed by atoms with van der Waals surface area (Å²) >= 11 is 0.